The summed E-state index contributed by atoms with van der Waals surface area (Å²) in [6.45, 7) is 2.70. The summed E-state index contributed by atoms with van der Waals surface area (Å²) in [5, 5.41) is 8.93. The number of alkyl halides is 1. The van der Waals surface area contributed by atoms with Crippen LogP contribution in [0.1, 0.15) is 31.0 Å². The molecule has 0 radical (unpaired) electrons. The van der Waals surface area contributed by atoms with Gasteiger partial charge in [-0.1, -0.05) is 0 Å². The van der Waals surface area contributed by atoms with E-state index in [-0.39, 0.29) is 22.6 Å². The minimum atomic E-state index is -1.72. The number of nitrogens with two attached hydrogens (primary N) is 1. The van der Waals surface area contributed by atoms with E-state index in [1.54, 1.807) is 0 Å². The fraction of sp³-hybridized carbons (Fsp3) is 0.462. The van der Waals surface area contributed by atoms with E-state index in [2.05, 4.69) is 0 Å². The number of carboxylic acid groups (broad SMARTS) is 1. The predicted molar refractivity (Wildman–Crippen MR) is 68.2 cm³/mol. The van der Waals surface area contributed by atoms with Crippen molar-refractivity contribution < 1.29 is 23.8 Å². The Balaban J connectivity index is 3.51. The molecule has 0 bridgehead atoms. The first kappa shape index (κ1) is 15.2. The maximum atomic E-state index is 14.2. The second-order valence-corrected chi connectivity index (χ2v) is 4.59. The first-order valence-electron chi connectivity index (χ1n) is 5.66. The van der Waals surface area contributed by atoms with Gasteiger partial charge in [-0.3, -0.25) is 4.79 Å². The molecule has 0 aliphatic rings. The van der Waals surface area contributed by atoms with Crippen LogP contribution in [0, 0.1) is 0 Å². The molecule has 0 aliphatic carbocycles. The maximum absolute atomic E-state index is 14.2. The van der Waals surface area contributed by atoms with Crippen LogP contribution in [0.5, 0.6) is 11.5 Å². The topological polar surface area (TPSA) is 81.8 Å². The summed E-state index contributed by atoms with van der Waals surface area (Å²) in [5.41, 5.74) is 4.28. The number of carboxylic acids is 1. The van der Waals surface area contributed by atoms with Crippen molar-refractivity contribution in [3.8, 4) is 11.5 Å². The van der Waals surface area contributed by atoms with Gasteiger partial charge in [0.1, 0.15) is 11.7 Å². The zero-order chi connectivity index (χ0) is 14.8. The molecule has 1 atom stereocenters. The molecule has 19 heavy (non-hydrogen) atoms. The molecule has 1 unspecified atom stereocenters. The fourth-order valence-corrected chi connectivity index (χ4v) is 1.75. The Kier molecular flexibility index (Phi) is 4.36. The summed E-state index contributed by atoms with van der Waals surface area (Å²) >= 11 is 0. The van der Waals surface area contributed by atoms with E-state index in [4.69, 9.17) is 20.3 Å². The smallest absolute Gasteiger partial charge is 0.325 e. The van der Waals surface area contributed by atoms with E-state index in [9.17, 15) is 9.18 Å². The van der Waals surface area contributed by atoms with Crippen LogP contribution in [0.15, 0.2) is 12.1 Å². The molecule has 0 saturated heterocycles. The SMILES string of the molecule is COc1cc(C(N)C(=O)O)cc(C(C)(C)F)c1OC. The van der Waals surface area contributed by atoms with Crippen molar-refractivity contribution in [2.45, 2.75) is 25.6 Å². The van der Waals surface area contributed by atoms with Gasteiger partial charge in [0.25, 0.3) is 0 Å². The lowest BCUT2D eigenvalue weighted by Gasteiger charge is -2.22. The summed E-state index contributed by atoms with van der Waals surface area (Å²) in [6.07, 6.45) is 0. The molecule has 0 aliphatic heterocycles. The van der Waals surface area contributed by atoms with Gasteiger partial charge in [0.05, 0.1) is 14.2 Å². The summed E-state index contributed by atoms with van der Waals surface area (Å²) in [4.78, 5) is 10.9. The molecule has 1 aromatic rings. The summed E-state index contributed by atoms with van der Waals surface area (Å²) < 4.78 is 24.4. The number of hydrogen-bond acceptors (Lipinski definition) is 4. The molecule has 0 aromatic heterocycles. The maximum Gasteiger partial charge on any atom is 0.325 e. The monoisotopic (exact) mass is 271 g/mol. The zero-order valence-electron chi connectivity index (χ0n) is 11.4. The highest BCUT2D eigenvalue weighted by atomic mass is 19.1. The van der Waals surface area contributed by atoms with E-state index in [0.29, 0.717) is 0 Å². The van der Waals surface area contributed by atoms with Crippen molar-refractivity contribution in [2.24, 2.45) is 5.73 Å². The molecular weight excluding hydrogens is 253 g/mol. The highest BCUT2D eigenvalue weighted by Gasteiger charge is 2.28. The number of methoxy groups -OCH3 is 2. The first-order chi connectivity index (χ1) is 8.72. The summed E-state index contributed by atoms with van der Waals surface area (Å²) in [6, 6.07) is 1.58. The highest BCUT2D eigenvalue weighted by molar-refractivity contribution is 5.76. The standard InChI is InChI=1S/C13H18FNO4/c1-13(2,14)8-5-7(10(15)12(16)17)6-9(18-3)11(8)19-4/h5-6,10H,15H2,1-4H3,(H,16,17). The molecule has 1 rings (SSSR count). The van der Waals surface area contributed by atoms with Gasteiger partial charge >= 0.3 is 5.97 Å². The Morgan fingerprint density at radius 1 is 1.37 bits per heavy atom. The minimum absolute atomic E-state index is 0.195. The van der Waals surface area contributed by atoms with Crippen molar-refractivity contribution in [3.05, 3.63) is 23.3 Å². The molecule has 0 spiro atoms. The Morgan fingerprint density at radius 3 is 2.32 bits per heavy atom. The van der Waals surface area contributed by atoms with Gasteiger partial charge < -0.3 is 20.3 Å². The zero-order valence-corrected chi connectivity index (χ0v) is 11.4. The van der Waals surface area contributed by atoms with Crippen LogP contribution in [0.3, 0.4) is 0 Å². The Morgan fingerprint density at radius 2 is 1.95 bits per heavy atom. The van der Waals surface area contributed by atoms with Crippen LogP contribution < -0.4 is 15.2 Å². The molecule has 106 valence electrons. The van der Waals surface area contributed by atoms with E-state index in [1.165, 1.54) is 40.2 Å². The number of rotatable bonds is 5. The fourth-order valence-electron chi connectivity index (χ4n) is 1.75. The quantitative estimate of drug-likeness (QED) is 0.856. The third-order valence-electron chi connectivity index (χ3n) is 2.77. The number of ether oxygens (including phenoxy) is 2. The predicted octanol–water partition coefficient (Wildman–Crippen LogP) is 1.99. The summed E-state index contributed by atoms with van der Waals surface area (Å²) in [5.74, 6) is -0.719. The molecule has 3 N–H and O–H groups in total. The lowest BCUT2D eigenvalue weighted by molar-refractivity contribution is -0.138. The highest BCUT2D eigenvalue weighted by Crippen LogP contribution is 2.41. The Bertz CT molecular complexity index is 482. The van der Waals surface area contributed by atoms with Gasteiger partial charge in [-0.05, 0) is 31.5 Å². The largest absolute Gasteiger partial charge is 0.493 e. The molecule has 0 amide bonds. The van der Waals surface area contributed by atoms with Gasteiger partial charge in [0, 0.05) is 5.56 Å². The van der Waals surface area contributed by atoms with Crippen LogP contribution in [-0.4, -0.2) is 25.3 Å². The number of aliphatic carboxylic acids is 1. The number of halogens is 1. The van der Waals surface area contributed by atoms with Crippen molar-refractivity contribution in [1.82, 2.24) is 0 Å². The Labute approximate surface area is 111 Å². The van der Waals surface area contributed by atoms with E-state index in [1.807, 2.05) is 0 Å². The van der Waals surface area contributed by atoms with Crippen molar-refractivity contribution in [2.75, 3.05) is 14.2 Å². The molecule has 6 heteroatoms. The van der Waals surface area contributed by atoms with Gasteiger partial charge in [0.2, 0.25) is 0 Å². The molecule has 0 fully saturated rings. The number of benzene rings is 1. The molecule has 5 nitrogen and oxygen atoms in total. The van der Waals surface area contributed by atoms with Crippen LogP contribution >= 0.6 is 0 Å². The van der Waals surface area contributed by atoms with Gasteiger partial charge in [-0.2, -0.15) is 0 Å². The summed E-state index contributed by atoms with van der Waals surface area (Å²) in [7, 11) is 2.78. The van der Waals surface area contributed by atoms with Crippen molar-refractivity contribution in [1.29, 1.82) is 0 Å². The van der Waals surface area contributed by atoms with E-state index >= 15 is 0 Å². The molecule has 0 saturated carbocycles. The minimum Gasteiger partial charge on any atom is -0.493 e. The first-order valence-corrected chi connectivity index (χ1v) is 5.66. The van der Waals surface area contributed by atoms with Crippen LogP contribution in [0.25, 0.3) is 0 Å². The third kappa shape index (κ3) is 3.14. The normalized spacial score (nSPS) is 12.9. The average molecular weight is 271 g/mol. The van der Waals surface area contributed by atoms with Crippen LogP contribution in [0.2, 0.25) is 0 Å². The van der Waals surface area contributed by atoms with Gasteiger partial charge in [0.15, 0.2) is 11.5 Å². The second-order valence-electron chi connectivity index (χ2n) is 4.59. The van der Waals surface area contributed by atoms with E-state index < -0.39 is 17.7 Å². The molecule has 1 aromatic carbocycles. The number of hydrogen-bond donors (Lipinski definition) is 2. The van der Waals surface area contributed by atoms with Crippen molar-refractivity contribution >= 4 is 5.97 Å². The average Bonchev–Trinajstić information content (AvgIpc) is 2.34. The van der Waals surface area contributed by atoms with Crippen molar-refractivity contribution in [3.63, 3.8) is 0 Å². The van der Waals surface area contributed by atoms with Gasteiger partial charge in [-0.25, -0.2) is 4.39 Å². The Hall–Kier alpha value is -1.82. The lowest BCUT2D eigenvalue weighted by atomic mass is 9.94. The molecule has 0 heterocycles. The van der Waals surface area contributed by atoms with Crippen LogP contribution in [-0.2, 0) is 10.5 Å². The third-order valence-corrected chi connectivity index (χ3v) is 2.77. The van der Waals surface area contributed by atoms with E-state index in [0.717, 1.165) is 0 Å². The number of carbonyl (C=O) groups is 1. The second kappa shape index (κ2) is 5.44. The lowest BCUT2D eigenvalue weighted by Crippen LogP contribution is -2.22. The molecular formula is C13H18FNO4. The van der Waals surface area contributed by atoms with Gasteiger partial charge in [-0.15, -0.1) is 0 Å². The van der Waals surface area contributed by atoms with Crippen LogP contribution in [0.4, 0.5) is 4.39 Å².